The number of para-hydroxylation sites is 1. The smallest absolute Gasteiger partial charge is 0.145 e. The third kappa shape index (κ3) is 2.57. The van der Waals surface area contributed by atoms with Crippen LogP contribution in [0.5, 0.6) is 0 Å². The maximum atomic E-state index is 5.19. The molecular weight excluding hydrogens is 352 g/mol. The summed E-state index contributed by atoms with van der Waals surface area (Å²) in [5, 5.41) is 0. The molecule has 2 bridgehead atoms. The summed E-state index contributed by atoms with van der Waals surface area (Å²) in [6.45, 7) is 14.1. The molecule has 2 atom stereocenters. The number of benzene rings is 2. The van der Waals surface area contributed by atoms with Gasteiger partial charge >= 0.3 is 0 Å². The van der Waals surface area contributed by atoms with Gasteiger partial charge in [0.15, 0.2) is 0 Å². The van der Waals surface area contributed by atoms with Crippen molar-refractivity contribution in [2.75, 3.05) is 0 Å². The van der Waals surface area contributed by atoms with Gasteiger partial charge in [0.2, 0.25) is 0 Å². The molecule has 0 fully saturated rings. The molecule has 2 nitrogen and oxygen atoms in total. The Morgan fingerprint density at radius 1 is 1.00 bits per heavy atom. The lowest BCUT2D eigenvalue weighted by Crippen LogP contribution is -2.43. The number of imidazole rings is 1. The summed E-state index contributed by atoms with van der Waals surface area (Å²) in [5.41, 5.74) is 10.0. The molecule has 2 aromatic carbocycles. The van der Waals surface area contributed by atoms with Crippen LogP contribution in [-0.2, 0) is 18.3 Å². The summed E-state index contributed by atoms with van der Waals surface area (Å²) < 4.78 is 2.42. The van der Waals surface area contributed by atoms with Crippen LogP contribution in [-0.4, -0.2) is 9.55 Å². The monoisotopic (exact) mass is 384 g/mol. The van der Waals surface area contributed by atoms with Gasteiger partial charge < -0.3 is 0 Å². The van der Waals surface area contributed by atoms with Crippen molar-refractivity contribution in [1.29, 1.82) is 0 Å². The first kappa shape index (κ1) is 18.7. The summed E-state index contributed by atoms with van der Waals surface area (Å²) in [6, 6.07) is 13.6. The molecule has 150 valence electrons. The average molecular weight is 385 g/mol. The zero-order valence-corrected chi connectivity index (χ0v) is 18.6. The topological polar surface area (TPSA) is 17.8 Å². The third-order valence-corrected chi connectivity index (χ3v) is 7.46. The van der Waals surface area contributed by atoms with E-state index < -0.39 is 0 Å². The summed E-state index contributed by atoms with van der Waals surface area (Å²) >= 11 is 0. The van der Waals surface area contributed by atoms with Crippen LogP contribution in [0.4, 0.5) is 0 Å². The van der Waals surface area contributed by atoms with Gasteiger partial charge in [0.25, 0.3) is 0 Å². The maximum Gasteiger partial charge on any atom is 0.145 e. The number of rotatable bonds is 3. The minimum Gasteiger partial charge on any atom is -0.299 e. The lowest BCUT2D eigenvalue weighted by Gasteiger charge is -2.47. The molecule has 0 spiro atoms. The number of hydrogen-bond acceptors (Lipinski definition) is 1. The van der Waals surface area contributed by atoms with E-state index in [1.807, 2.05) is 0 Å². The molecule has 0 N–H and O–H groups in total. The molecule has 1 aliphatic heterocycles. The van der Waals surface area contributed by atoms with Crippen molar-refractivity contribution in [2.24, 2.45) is 5.92 Å². The highest BCUT2D eigenvalue weighted by molar-refractivity contribution is 5.72. The van der Waals surface area contributed by atoms with Gasteiger partial charge in [0, 0.05) is 17.2 Å². The van der Waals surface area contributed by atoms with E-state index in [1.165, 1.54) is 40.1 Å². The molecule has 0 saturated heterocycles. The van der Waals surface area contributed by atoms with E-state index >= 15 is 0 Å². The van der Waals surface area contributed by atoms with E-state index in [0.717, 1.165) is 12.2 Å². The maximum absolute atomic E-state index is 5.19. The van der Waals surface area contributed by atoms with Crippen molar-refractivity contribution in [1.82, 2.24) is 9.55 Å². The van der Waals surface area contributed by atoms with Crippen LogP contribution in [0.1, 0.15) is 81.3 Å². The molecule has 2 aliphatic rings. The quantitative estimate of drug-likeness (QED) is 0.486. The summed E-state index contributed by atoms with van der Waals surface area (Å²) in [5.74, 6) is 2.66. The van der Waals surface area contributed by atoms with Crippen LogP contribution >= 0.6 is 0 Å². The van der Waals surface area contributed by atoms with Crippen molar-refractivity contribution in [2.45, 2.75) is 71.6 Å². The minimum atomic E-state index is 0.265. The van der Waals surface area contributed by atoms with Crippen LogP contribution in [0.2, 0.25) is 0 Å². The molecule has 3 aromatic rings. The molecular formula is C27H32N2. The van der Waals surface area contributed by atoms with Gasteiger partial charge in [-0.15, -0.1) is 0 Å². The number of nitrogens with zero attached hydrogens (tertiary/aromatic N) is 2. The van der Waals surface area contributed by atoms with Gasteiger partial charge in [-0.05, 0) is 52.8 Å². The van der Waals surface area contributed by atoms with Crippen LogP contribution < -0.4 is 0 Å². The zero-order chi connectivity index (χ0) is 20.5. The van der Waals surface area contributed by atoms with Crippen molar-refractivity contribution < 1.29 is 0 Å². The Hall–Kier alpha value is -2.35. The van der Waals surface area contributed by atoms with Gasteiger partial charge in [-0.25, -0.2) is 4.98 Å². The van der Waals surface area contributed by atoms with Crippen molar-refractivity contribution in [3.05, 3.63) is 70.5 Å². The van der Waals surface area contributed by atoms with Gasteiger partial charge in [-0.2, -0.15) is 0 Å². The third-order valence-electron chi connectivity index (χ3n) is 7.46. The fraction of sp³-hybridized carbons (Fsp3) is 0.444. The second-order valence-electron chi connectivity index (χ2n) is 10.1. The molecule has 1 aliphatic carbocycles. The number of hydrogen-bond donors (Lipinski definition) is 0. The van der Waals surface area contributed by atoms with E-state index in [1.54, 1.807) is 5.56 Å². The van der Waals surface area contributed by atoms with Gasteiger partial charge in [-0.3, -0.25) is 4.57 Å². The number of aromatic nitrogens is 2. The van der Waals surface area contributed by atoms with Gasteiger partial charge in [0.1, 0.15) is 5.82 Å². The molecule has 2 heterocycles. The fourth-order valence-electron chi connectivity index (χ4n) is 5.62. The normalized spacial score (nSPS) is 22.3. The first-order valence-corrected chi connectivity index (χ1v) is 11.2. The van der Waals surface area contributed by atoms with Crippen LogP contribution in [0.15, 0.2) is 42.6 Å². The van der Waals surface area contributed by atoms with Crippen molar-refractivity contribution in [3.63, 3.8) is 0 Å². The molecule has 0 amide bonds. The first-order valence-electron chi connectivity index (χ1n) is 11.2. The molecule has 5 rings (SSSR count). The van der Waals surface area contributed by atoms with E-state index in [-0.39, 0.29) is 5.41 Å². The highest BCUT2D eigenvalue weighted by Gasteiger charge is 2.46. The molecule has 29 heavy (non-hydrogen) atoms. The van der Waals surface area contributed by atoms with Crippen LogP contribution in [0, 0.1) is 5.92 Å². The standard InChI is InChI=1S/C27H32N2/c1-16(2)21-10-8-11-22(17(3)4)25(21)29-15-20-13-18(5)27(6)14-19-9-7-12-23(24(19)27)26(29)28-20/h7-12,15-18H,13-14H2,1-6H3. The Kier molecular flexibility index (Phi) is 4.07. The van der Waals surface area contributed by atoms with Crippen molar-refractivity contribution >= 4 is 0 Å². The molecule has 2 heteroatoms. The molecule has 1 aromatic heterocycles. The fourth-order valence-corrected chi connectivity index (χ4v) is 5.62. The van der Waals surface area contributed by atoms with Crippen molar-refractivity contribution in [3.8, 4) is 17.1 Å². The Morgan fingerprint density at radius 3 is 2.31 bits per heavy atom. The second kappa shape index (κ2) is 6.32. The molecule has 0 radical (unpaired) electrons. The van der Waals surface area contributed by atoms with Crippen LogP contribution in [0.3, 0.4) is 0 Å². The predicted octanol–water partition coefficient (Wildman–Crippen LogP) is 6.79. The second-order valence-corrected chi connectivity index (χ2v) is 10.1. The predicted molar refractivity (Wildman–Crippen MR) is 121 cm³/mol. The Bertz CT molecular complexity index is 1080. The summed E-state index contributed by atoms with van der Waals surface area (Å²) in [7, 11) is 0. The highest BCUT2D eigenvalue weighted by atomic mass is 15.1. The lowest BCUT2D eigenvalue weighted by atomic mass is 9.56. The highest BCUT2D eigenvalue weighted by Crippen LogP contribution is 2.52. The van der Waals surface area contributed by atoms with Gasteiger partial charge in [0.05, 0.1) is 11.4 Å². The van der Waals surface area contributed by atoms with E-state index in [0.29, 0.717) is 17.8 Å². The van der Waals surface area contributed by atoms with Crippen LogP contribution in [0.25, 0.3) is 17.1 Å². The first-order chi connectivity index (χ1) is 13.8. The Balaban J connectivity index is 1.83. The summed E-state index contributed by atoms with van der Waals surface area (Å²) in [6.07, 6.45) is 4.56. The van der Waals surface area contributed by atoms with E-state index in [2.05, 4.69) is 88.7 Å². The Labute approximate surface area is 175 Å². The lowest BCUT2D eigenvalue weighted by molar-refractivity contribution is 0.270. The van der Waals surface area contributed by atoms with E-state index in [9.17, 15) is 0 Å². The number of fused-ring (bicyclic) bond motifs is 3. The zero-order valence-electron chi connectivity index (χ0n) is 18.6. The minimum absolute atomic E-state index is 0.265. The molecule has 2 unspecified atom stereocenters. The van der Waals surface area contributed by atoms with Gasteiger partial charge in [-0.1, -0.05) is 77.9 Å². The largest absolute Gasteiger partial charge is 0.299 e. The van der Waals surface area contributed by atoms with E-state index in [4.69, 9.17) is 4.98 Å². The SMILES string of the molecule is CC(C)c1cccc(C(C)C)c1-n1cc2nc1-c1cccc3c1C(C)(C3)C(C)C2. The Morgan fingerprint density at radius 2 is 1.66 bits per heavy atom. The average Bonchev–Trinajstić information content (AvgIpc) is 3.09. The molecule has 0 saturated carbocycles. The summed E-state index contributed by atoms with van der Waals surface area (Å²) in [4.78, 5) is 5.19.